The van der Waals surface area contributed by atoms with E-state index >= 15 is 0 Å². The van der Waals surface area contributed by atoms with Gasteiger partial charge in [-0.1, -0.05) is 12.1 Å². The summed E-state index contributed by atoms with van der Waals surface area (Å²) in [5.41, 5.74) is 0.922. The largest absolute Gasteiger partial charge is 0.298 e. The molecular formula is C11H8FNOS. The molecule has 1 aromatic carbocycles. The van der Waals surface area contributed by atoms with Crippen LogP contribution in [0.4, 0.5) is 4.39 Å². The third-order valence-electron chi connectivity index (χ3n) is 2.04. The van der Waals surface area contributed by atoms with Gasteiger partial charge in [-0.25, -0.2) is 9.37 Å². The lowest BCUT2D eigenvalue weighted by Crippen LogP contribution is -1.93. The molecule has 0 bridgehead atoms. The Bertz CT molecular complexity index is 467. The summed E-state index contributed by atoms with van der Waals surface area (Å²) in [6.45, 7) is 0. The van der Waals surface area contributed by atoms with Crippen molar-refractivity contribution in [2.75, 3.05) is 0 Å². The molecule has 0 aliphatic carbocycles. The Labute approximate surface area is 90.4 Å². The first-order valence-corrected chi connectivity index (χ1v) is 5.29. The predicted octanol–water partition coefficient (Wildman–Crippen LogP) is 2.69. The van der Waals surface area contributed by atoms with Crippen molar-refractivity contribution in [2.45, 2.75) is 6.42 Å². The van der Waals surface area contributed by atoms with Crippen molar-refractivity contribution in [2.24, 2.45) is 0 Å². The predicted molar refractivity (Wildman–Crippen MR) is 56.7 cm³/mol. The number of benzene rings is 1. The van der Waals surface area contributed by atoms with Gasteiger partial charge in [-0.2, -0.15) is 0 Å². The summed E-state index contributed by atoms with van der Waals surface area (Å²) in [7, 11) is 0. The number of aldehydes is 1. The summed E-state index contributed by atoms with van der Waals surface area (Å²) in [5.74, 6) is -0.352. The van der Waals surface area contributed by atoms with Gasteiger partial charge in [-0.15, -0.1) is 11.3 Å². The zero-order valence-electron chi connectivity index (χ0n) is 7.81. The van der Waals surface area contributed by atoms with Gasteiger partial charge >= 0.3 is 0 Å². The van der Waals surface area contributed by atoms with E-state index in [1.54, 1.807) is 18.3 Å². The number of hydrogen-bond acceptors (Lipinski definition) is 3. The highest BCUT2D eigenvalue weighted by molar-refractivity contribution is 7.09. The molecule has 0 saturated carbocycles. The highest BCUT2D eigenvalue weighted by atomic mass is 32.1. The van der Waals surface area contributed by atoms with Crippen molar-refractivity contribution < 1.29 is 9.18 Å². The highest BCUT2D eigenvalue weighted by Gasteiger charge is 2.05. The zero-order valence-corrected chi connectivity index (χ0v) is 8.63. The summed E-state index contributed by atoms with van der Waals surface area (Å²) in [4.78, 5) is 14.5. The molecule has 0 atom stereocenters. The van der Waals surface area contributed by atoms with E-state index in [0.717, 1.165) is 5.01 Å². The van der Waals surface area contributed by atoms with Crippen LogP contribution in [0.2, 0.25) is 0 Å². The molecule has 2 aromatic rings. The first-order chi connectivity index (χ1) is 7.29. The molecule has 15 heavy (non-hydrogen) atoms. The molecule has 0 unspecified atom stereocenters. The number of aromatic nitrogens is 1. The average molecular weight is 221 g/mol. The van der Waals surface area contributed by atoms with E-state index in [0.29, 0.717) is 23.8 Å². The van der Waals surface area contributed by atoms with Gasteiger partial charge in [-0.3, -0.25) is 4.79 Å². The fraction of sp³-hybridized carbons (Fsp3) is 0.0909. The van der Waals surface area contributed by atoms with E-state index in [2.05, 4.69) is 4.98 Å². The Hall–Kier alpha value is -1.55. The third kappa shape index (κ3) is 2.27. The van der Waals surface area contributed by atoms with Crippen molar-refractivity contribution in [1.82, 2.24) is 4.98 Å². The van der Waals surface area contributed by atoms with Crippen molar-refractivity contribution in [3.05, 3.63) is 51.7 Å². The van der Waals surface area contributed by atoms with Crippen LogP contribution in [0.1, 0.15) is 20.9 Å². The van der Waals surface area contributed by atoms with Crippen molar-refractivity contribution >= 4 is 17.6 Å². The molecule has 0 saturated heterocycles. The monoisotopic (exact) mass is 221 g/mol. The Morgan fingerprint density at radius 1 is 1.47 bits per heavy atom. The maximum Gasteiger partial charge on any atom is 0.150 e. The number of halogens is 1. The minimum Gasteiger partial charge on any atom is -0.298 e. The molecule has 1 heterocycles. The second kappa shape index (κ2) is 4.31. The molecule has 0 radical (unpaired) electrons. The van der Waals surface area contributed by atoms with Crippen LogP contribution in [0.15, 0.2) is 29.8 Å². The van der Waals surface area contributed by atoms with E-state index < -0.39 is 0 Å². The van der Waals surface area contributed by atoms with Crippen LogP contribution in [0, 0.1) is 5.82 Å². The molecule has 0 N–H and O–H groups in total. The van der Waals surface area contributed by atoms with Crippen LogP contribution in [0.3, 0.4) is 0 Å². The SMILES string of the molecule is O=Cc1ccc(Cc2nccs2)c(F)c1. The molecule has 0 aliphatic heterocycles. The van der Waals surface area contributed by atoms with Crippen molar-refractivity contribution in [1.29, 1.82) is 0 Å². The van der Waals surface area contributed by atoms with Gasteiger partial charge in [0.1, 0.15) is 12.1 Å². The van der Waals surface area contributed by atoms with Crippen LogP contribution in [-0.4, -0.2) is 11.3 Å². The van der Waals surface area contributed by atoms with Gasteiger partial charge in [0.05, 0.1) is 5.01 Å². The second-order valence-corrected chi connectivity index (χ2v) is 4.05. The smallest absolute Gasteiger partial charge is 0.150 e. The first-order valence-electron chi connectivity index (χ1n) is 4.41. The number of carbonyl (C=O) groups is 1. The maximum atomic E-state index is 13.4. The van der Waals surface area contributed by atoms with Crippen LogP contribution in [-0.2, 0) is 6.42 Å². The molecule has 1 aromatic heterocycles. The van der Waals surface area contributed by atoms with Crippen LogP contribution in [0.25, 0.3) is 0 Å². The summed E-state index contributed by atoms with van der Waals surface area (Å²) < 4.78 is 13.4. The quantitative estimate of drug-likeness (QED) is 0.746. The Kier molecular flexibility index (Phi) is 2.87. The number of rotatable bonds is 3. The lowest BCUT2D eigenvalue weighted by molar-refractivity contribution is 0.112. The fourth-order valence-electron chi connectivity index (χ4n) is 1.28. The fourth-order valence-corrected chi connectivity index (χ4v) is 1.92. The Morgan fingerprint density at radius 2 is 2.33 bits per heavy atom. The lowest BCUT2D eigenvalue weighted by Gasteiger charge is -2.00. The van der Waals surface area contributed by atoms with E-state index in [9.17, 15) is 9.18 Å². The van der Waals surface area contributed by atoms with E-state index in [1.807, 2.05) is 5.38 Å². The number of thiazole rings is 1. The zero-order chi connectivity index (χ0) is 10.7. The molecule has 2 rings (SSSR count). The van der Waals surface area contributed by atoms with Crippen molar-refractivity contribution in [3.8, 4) is 0 Å². The molecule has 0 spiro atoms. The van der Waals surface area contributed by atoms with Crippen LogP contribution < -0.4 is 0 Å². The van der Waals surface area contributed by atoms with Gasteiger partial charge in [0.2, 0.25) is 0 Å². The van der Waals surface area contributed by atoms with Gasteiger partial charge in [0.25, 0.3) is 0 Å². The molecule has 2 nitrogen and oxygen atoms in total. The van der Waals surface area contributed by atoms with Gasteiger partial charge < -0.3 is 0 Å². The molecular weight excluding hydrogens is 213 g/mol. The first kappa shape index (κ1) is 9.98. The van der Waals surface area contributed by atoms with Crippen LogP contribution in [0.5, 0.6) is 0 Å². The Morgan fingerprint density at radius 3 is 2.93 bits per heavy atom. The van der Waals surface area contributed by atoms with E-state index in [4.69, 9.17) is 0 Å². The second-order valence-electron chi connectivity index (χ2n) is 3.07. The van der Waals surface area contributed by atoms with Crippen molar-refractivity contribution in [3.63, 3.8) is 0 Å². The maximum absolute atomic E-state index is 13.4. The minimum atomic E-state index is -0.352. The third-order valence-corrected chi connectivity index (χ3v) is 2.82. The number of carbonyl (C=O) groups excluding carboxylic acids is 1. The van der Waals surface area contributed by atoms with Gasteiger partial charge in [0.15, 0.2) is 0 Å². The van der Waals surface area contributed by atoms with E-state index in [-0.39, 0.29) is 5.82 Å². The summed E-state index contributed by atoms with van der Waals surface area (Å²) in [5, 5.41) is 2.72. The summed E-state index contributed by atoms with van der Waals surface area (Å²) >= 11 is 1.49. The average Bonchev–Trinajstić information content (AvgIpc) is 2.74. The normalized spacial score (nSPS) is 10.2. The number of nitrogens with zero attached hydrogens (tertiary/aromatic N) is 1. The summed E-state index contributed by atoms with van der Waals surface area (Å²) in [6.07, 6.45) is 2.80. The topological polar surface area (TPSA) is 30.0 Å². The van der Waals surface area contributed by atoms with Crippen LogP contribution >= 0.6 is 11.3 Å². The van der Waals surface area contributed by atoms with Gasteiger partial charge in [0, 0.05) is 23.6 Å². The minimum absolute atomic E-state index is 0.352. The van der Waals surface area contributed by atoms with Gasteiger partial charge in [-0.05, 0) is 11.6 Å². The van der Waals surface area contributed by atoms with E-state index in [1.165, 1.54) is 17.4 Å². The molecule has 0 amide bonds. The standard InChI is InChI=1S/C11H8FNOS/c12-10-5-8(7-14)1-2-9(10)6-11-13-3-4-15-11/h1-5,7H,6H2. The summed E-state index contributed by atoms with van der Waals surface area (Å²) in [6, 6.07) is 4.48. The Balaban J connectivity index is 2.26. The lowest BCUT2D eigenvalue weighted by atomic mass is 10.1. The highest BCUT2D eigenvalue weighted by Crippen LogP contribution is 2.15. The molecule has 0 fully saturated rings. The molecule has 76 valence electrons. The molecule has 0 aliphatic rings. The number of hydrogen-bond donors (Lipinski definition) is 0. The molecule has 4 heteroatoms.